The first-order valence-electron chi connectivity index (χ1n) is 9.77. The lowest BCUT2D eigenvalue weighted by atomic mass is 10.1. The molecule has 1 aliphatic rings. The maximum absolute atomic E-state index is 11.6. The van der Waals surface area contributed by atoms with Crippen molar-refractivity contribution in [2.75, 3.05) is 36.4 Å². The minimum atomic E-state index is 0.124. The quantitative estimate of drug-likeness (QED) is 0.745. The molecule has 1 fully saturated rings. The summed E-state index contributed by atoms with van der Waals surface area (Å²) in [5.74, 6) is 0.124. The van der Waals surface area contributed by atoms with Gasteiger partial charge in [-0.2, -0.15) is 5.26 Å². The number of fused-ring (bicyclic) bond motifs is 1. The largest absolute Gasteiger partial charge is 0.379 e. The average Bonchev–Trinajstić information content (AvgIpc) is 2.77. The molecule has 1 amide bonds. The lowest BCUT2D eigenvalue weighted by Gasteiger charge is -2.35. The zero-order valence-corrected chi connectivity index (χ0v) is 16.4. The summed E-state index contributed by atoms with van der Waals surface area (Å²) < 4.78 is 0. The second kappa shape index (κ2) is 8.19. The van der Waals surface area contributed by atoms with Crippen molar-refractivity contribution in [2.45, 2.75) is 13.5 Å². The van der Waals surface area contributed by atoms with Crippen molar-refractivity contribution < 1.29 is 4.79 Å². The van der Waals surface area contributed by atoms with Crippen LogP contribution >= 0.6 is 0 Å². The first-order chi connectivity index (χ1) is 14.2. The van der Waals surface area contributed by atoms with Crippen molar-refractivity contribution in [1.29, 1.82) is 5.26 Å². The van der Waals surface area contributed by atoms with Gasteiger partial charge in [-0.15, -0.1) is 0 Å². The number of nitriles is 1. The number of nitrogens with zero attached hydrogens (tertiary/aromatic N) is 4. The number of hydrogen-bond acceptors (Lipinski definition) is 5. The van der Waals surface area contributed by atoms with E-state index in [1.54, 1.807) is 13.1 Å². The summed E-state index contributed by atoms with van der Waals surface area (Å²) in [6.07, 6.45) is 1.63. The van der Waals surface area contributed by atoms with Gasteiger partial charge in [-0.3, -0.25) is 9.78 Å². The van der Waals surface area contributed by atoms with Crippen molar-refractivity contribution in [1.82, 2.24) is 9.88 Å². The summed E-state index contributed by atoms with van der Waals surface area (Å²) in [6.45, 7) is 5.29. The third kappa shape index (κ3) is 3.99. The Bertz CT molecular complexity index is 1070. The van der Waals surface area contributed by atoms with Crippen molar-refractivity contribution in [3.05, 3.63) is 65.9 Å². The van der Waals surface area contributed by atoms with Gasteiger partial charge in [-0.25, -0.2) is 0 Å². The number of hydrogen-bond donors (Lipinski definition) is 1. The highest BCUT2D eigenvalue weighted by Gasteiger charge is 2.19. The van der Waals surface area contributed by atoms with E-state index in [0.29, 0.717) is 12.1 Å². The molecule has 146 valence electrons. The molecular weight excluding hydrogens is 362 g/mol. The molecule has 1 N–H and O–H groups in total. The van der Waals surface area contributed by atoms with Crippen LogP contribution in [0.15, 0.2) is 54.7 Å². The molecule has 0 atom stereocenters. The molecule has 0 unspecified atom stereocenters. The fraction of sp³-hybridized carbons (Fsp3) is 0.261. The van der Waals surface area contributed by atoms with E-state index in [1.165, 1.54) is 0 Å². The predicted octanol–water partition coefficient (Wildman–Crippen LogP) is 3.39. The van der Waals surface area contributed by atoms with Gasteiger partial charge in [0.05, 0.1) is 16.8 Å². The first-order valence-corrected chi connectivity index (χ1v) is 9.77. The SMILES string of the molecule is CC(=O)N1CCN(c2ccc3ncc(C#N)c(NCc4ccccc4)c3c2)CC1. The van der Waals surface area contributed by atoms with E-state index in [1.807, 2.05) is 29.2 Å². The molecule has 0 aliphatic carbocycles. The molecule has 6 nitrogen and oxygen atoms in total. The molecule has 29 heavy (non-hydrogen) atoms. The average molecular weight is 385 g/mol. The van der Waals surface area contributed by atoms with Crippen LogP contribution in [0.1, 0.15) is 18.1 Å². The second-order valence-corrected chi connectivity index (χ2v) is 7.19. The van der Waals surface area contributed by atoms with Gasteiger partial charge in [0.25, 0.3) is 0 Å². The second-order valence-electron chi connectivity index (χ2n) is 7.19. The van der Waals surface area contributed by atoms with Crippen LogP contribution < -0.4 is 10.2 Å². The summed E-state index contributed by atoms with van der Waals surface area (Å²) in [5.41, 5.74) is 4.43. The number of benzene rings is 2. The van der Waals surface area contributed by atoms with E-state index in [4.69, 9.17) is 0 Å². The van der Waals surface area contributed by atoms with Gasteiger partial charge in [0.1, 0.15) is 6.07 Å². The summed E-state index contributed by atoms with van der Waals surface area (Å²) >= 11 is 0. The Morgan fingerprint density at radius 2 is 1.90 bits per heavy atom. The molecule has 0 spiro atoms. The van der Waals surface area contributed by atoms with Crippen LogP contribution in [0.25, 0.3) is 10.9 Å². The molecule has 0 radical (unpaired) electrons. The van der Waals surface area contributed by atoms with Gasteiger partial charge in [-0.1, -0.05) is 30.3 Å². The maximum atomic E-state index is 11.6. The zero-order valence-electron chi connectivity index (χ0n) is 16.4. The maximum Gasteiger partial charge on any atom is 0.219 e. The number of anilines is 2. The number of aromatic nitrogens is 1. The van der Waals surface area contributed by atoms with Crippen LogP contribution in [0, 0.1) is 11.3 Å². The molecular formula is C23H23N5O. The zero-order chi connectivity index (χ0) is 20.2. The number of pyridine rings is 1. The lowest BCUT2D eigenvalue weighted by molar-refractivity contribution is -0.129. The highest BCUT2D eigenvalue weighted by Crippen LogP contribution is 2.30. The molecule has 1 aromatic heterocycles. The molecule has 2 aromatic carbocycles. The number of nitrogens with one attached hydrogen (secondary N) is 1. The van der Waals surface area contributed by atoms with Crippen LogP contribution in [0.4, 0.5) is 11.4 Å². The molecule has 0 bridgehead atoms. The summed E-state index contributed by atoms with van der Waals surface area (Å²) in [4.78, 5) is 20.2. The summed E-state index contributed by atoms with van der Waals surface area (Å²) in [5, 5.41) is 14.0. The summed E-state index contributed by atoms with van der Waals surface area (Å²) in [6, 6.07) is 18.5. The van der Waals surface area contributed by atoms with Crippen molar-refractivity contribution in [3.63, 3.8) is 0 Å². The van der Waals surface area contributed by atoms with Gasteiger partial charge in [0, 0.05) is 56.9 Å². The Hall–Kier alpha value is -3.59. The highest BCUT2D eigenvalue weighted by atomic mass is 16.2. The van der Waals surface area contributed by atoms with Crippen LogP contribution in [0.3, 0.4) is 0 Å². The van der Waals surface area contributed by atoms with E-state index in [2.05, 4.69) is 45.5 Å². The predicted molar refractivity (Wildman–Crippen MR) is 115 cm³/mol. The van der Waals surface area contributed by atoms with Crippen LogP contribution in [0.2, 0.25) is 0 Å². The van der Waals surface area contributed by atoms with Crippen LogP contribution in [-0.4, -0.2) is 42.0 Å². The molecule has 6 heteroatoms. The molecule has 4 rings (SSSR count). The Morgan fingerprint density at radius 1 is 1.14 bits per heavy atom. The third-order valence-electron chi connectivity index (χ3n) is 5.37. The standard InChI is InChI=1S/C23H23N5O/c1-17(29)27-9-11-28(12-10-27)20-7-8-22-21(13-20)23(19(14-24)16-25-22)26-15-18-5-3-2-4-6-18/h2-8,13,16H,9-12,15H2,1H3,(H,25,26). The van der Waals surface area contributed by atoms with E-state index >= 15 is 0 Å². The number of carbonyl (C=O) groups excluding carboxylic acids is 1. The van der Waals surface area contributed by atoms with Gasteiger partial charge >= 0.3 is 0 Å². The normalized spacial score (nSPS) is 13.9. The molecule has 2 heterocycles. The Labute approximate surface area is 170 Å². The monoisotopic (exact) mass is 385 g/mol. The van der Waals surface area contributed by atoms with E-state index in [0.717, 1.165) is 54.0 Å². The summed E-state index contributed by atoms with van der Waals surface area (Å²) in [7, 11) is 0. The molecule has 1 aliphatic heterocycles. The minimum absolute atomic E-state index is 0.124. The number of piperazine rings is 1. The van der Waals surface area contributed by atoms with Gasteiger partial charge in [-0.05, 0) is 23.8 Å². The first kappa shape index (κ1) is 18.8. The van der Waals surface area contributed by atoms with Gasteiger partial charge in [0.2, 0.25) is 5.91 Å². The van der Waals surface area contributed by atoms with E-state index in [9.17, 15) is 10.1 Å². The molecule has 1 saturated heterocycles. The van der Waals surface area contributed by atoms with Crippen molar-refractivity contribution in [2.24, 2.45) is 0 Å². The minimum Gasteiger partial charge on any atom is -0.379 e. The Kier molecular flexibility index (Phi) is 5.30. The van der Waals surface area contributed by atoms with Crippen molar-refractivity contribution >= 4 is 28.2 Å². The topological polar surface area (TPSA) is 72.3 Å². The van der Waals surface area contributed by atoms with Gasteiger partial charge in [0.15, 0.2) is 0 Å². The van der Waals surface area contributed by atoms with Gasteiger partial charge < -0.3 is 15.1 Å². The van der Waals surface area contributed by atoms with Crippen LogP contribution in [-0.2, 0) is 11.3 Å². The Morgan fingerprint density at radius 3 is 2.59 bits per heavy atom. The fourth-order valence-electron chi connectivity index (χ4n) is 3.72. The molecule has 0 saturated carbocycles. The molecule has 3 aromatic rings. The Balaban J connectivity index is 1.64. The highest BCUT2D eigenvalue weighted by molar-refractivity contribution is 5.96. The van der Waals surface area contributed by atoms with E-state index in [-0.39, 0.29) is 5.91 Å². The lowest BCUT2D eigenvalue weighted by Crippen LogP contribution is -2.48. The third-order valence-corrected chi connectivity index (χ3v) is 5.37. The number of rotatable bonds is 4. The number of amides is 1. The fourth-order valence-corrected chi connectivity index (χ4v) is 3.72. The van der Waals surface area contributed by atoms with Crippen LogP contribution in [0.5, 0.6) is 0 Å². The smallest absolute Gasteiger partial charge is 0.219 e. The number of carbonyl (C=O) groups is 1. The van der Waals surface area contributed by atoms with Crippen molar-refractivity contribution in [3.8, 4) is 6.07 Å². The van der Waals surface area contributed by atoms with E-state index < -0.39 is 0 Å².